The Morgan fingerprint density at radius 2 is 1.88 bits per heavy atom. The Labute approximate surface area is 103 Å². The second-order valence-corrected chi connectivity index (χ2v) is 5.43. The quantitative estimate of drug-likeness (QED) is 0.753. The average Bonchev–Trinajstić information content (AvgIpc) is 2.11. The summed E-state index contributed by atoms with van der Waals surface area (Å²) in [6.45, 7) is 12.7. The molecule has 4 heteroatoms. The van der Waals surface area contributed by atoms with Crippen molar-refractivity contribution < 1.29 is 14.3 Å². The van der Waals surface area contributed by atoms with Gasteiger partial charge < -0.3 is 10.1 Å². The summed E-state index contributed by atoms with van der Waals surface area (Å²) in [5.74, 6) is 0.114. The largest absolute Gasteiger partial charge is 0.444 e. The molecule has 4 nitrogen and oxygen atoms in total. The molecule has 0 heterocycles. The van der Waals surface area contributed by atoms with Crippen molar-refractivity contribution in [2.24, 2.45) is 5.92 Å². The van der Waals surface area contributed by atoms with Crippen LogP contribution in [0.1, 0.15) is 41.0 Å². The van der Waals surface area contributed by atoms with Crippen molar-refractivity contribution in [2.45, 2.75) is 52.7 Å². The highest BCUT2D eigenvalue weighted by Gasteiger charge is 2.23. The fourth-order valence-electron chi connectivity index (χ4n) is 1.31. The zero-order valence-electron chi connectivity index (χ0n) is 11.4. The third kappa shape index (κ3) is 7.55. The van der Waals surface area contributed by atoms with E-state index in [1.807, 2.05) is 13.8 Å². The fourth-order valence-corrected chi connectivity index (χ4v) is 1.31. The molecule has 0 aliphatic heterocycles. The standard InChI is InChI=1S/C13H23NO3/c1-7-11(15)10(8-9(2)3)14-12(16)17-13(4,5)6/h7,9-10H,1,8H2,2-6H3,(H,14,16)/t10-/m1/s1. The highest BCUT2D eigenvalue weighted by molar-refractivity contribution is 5.95. The van der Waals surface area contributed by atoms with Crippen LogP contribution in [0.5, 0.6) is 0 Å². The Kier molecular flexibility index (Phi) is 5.93. The van der Waals surface area contributed by atoms with Gasteiger partial charge in [0.2, 0.25) is 0 Å². The maximum atomic E-state index is 11.6. The van der Waals surface area contributed by atoms with E-state index in [0.29, 0.717) is 12.3 Å². The van der Waals surface area contributed by atoms with E-state index in [9.17, 15) is 9.59 Å². The number of hydrogen-bond donors (Lipinski definition) is 1. The summed E-state index contributed by atoms with van der Waals surface area (Å²) in [5, 5.41) is 2.57. The molecule has 17 heavy (non-hydrogen) atoms. The highest BCUT2D eigenvalue weighted by atomic mass is 16.6. The molecule has 0 fully saturated rings. The molecule has 0 bridgehead atoms. The third-order valence-corrected chi connectivity index (χ3v) is 1.94. The molecule has 0 rings (SSSR count). The lowest BCUT2D eigenvalue weighted by atomic mass is 10.0. The van der Waals surface area contributed by atoms with E-state index in [0.717, 1.165) is 0 Å². The first-order valence-corrected chi connectivity index (χ1v) is 5.81. The number of alkyl carbamates (subject to hydrolysis) is 1. The smallest absolute Gasteiger partial charge is 0.408 e. The minimum atomic E-state index is -0.571. The van der Waals surface area contributed by atoms with E-state index in [1.165, 1.54) is 6.08 Å². The van der Waals surface area contributed by atoms with E-state index in [4.69, 9.17) is 4.74 Å². The van der Waals surface area contributed by atoms with Crippen molar-refractivity contribution in [1.82, 2.24) is 5.32 Å². The van der Waals surface area contributed by atoms with Crippen LogP contribution in [0.25, 0.3) is 0 Å². The first-order chi connectivity index (χ1) is 7.65. The van der Waals surface area contributed by atoms with Gasteiger partial charge in [0.05, 0.1) is 6.04 Å². The average molecular weight is 241 g/mol. The number of carbonyl (C=O) groups excluding carboxylic acids is 2. The highest BCUT2D eigenvalue weighted by Crippen LogP contribution is 2.10. The second kappa shape index (κ2) is 6.42. The zero-order valence-corrected chi connectivity index (χ0v) is 11.4. The maximum absolute atomic E-state index is 11.6. The lowest BCUT2D eigenvalue weighted by Crippen LogP contribution is -2.43. The molecule has 0 saturated carbocycles. The molecule has 0 radical (unpaired) electrons. The Morgan fingerprint density at radius 3 is 2.24 bits per heavy atom. The molecule has 0 saturated heterocycles. The number of carbonyl (C=O) groups is 2. The number of ether oxygens (including phenoxy) is 1. The summed E-state index contributed by atoms with van der Waals surface area (Å²) < 4.78 is 5.11. The molecule has 0 spiro atoms. The van der Waals surface area contributed by atoms with Crippen molar-refractivity contribution in [1.29, 1.82) is 0 Å². The third-order valence-electron chi connectivity index (χ3n) is 1.94. The number of amides is 1. The molecular weight excluding hydrogens is 218 g/mol. The molecule has 0 aromatic rings. The predicted molar refractivity (Wildman–Crippen MR) is 67.8 cm³/mol. The maximum Gasteiger partial charge on any atom is 0.408 e. The molecule has 1 atom stereocenters. The normalized spacial score (nSPS) is 13.1. The van der Waals surface area contributed by atoms with Gasteiger partial charge in [0.1, 0.15) is 5.60 Å². The molecule has 0 aromatic carbocycles. The molecule has 0 aliphatic rings. The SMILES string of the molecule is C=CC(=O)[C@@H](CC(C)C)NC(=O)OC(C)(C)C. The van der Waals surface area contributed by atoms with Gasteiger partial charge >= 0.3 is 6.09 Å². The molecule has 1 N–H and O–H groups in total. The van der Waals surface area contributed by atoms with Crippen LogP contribution in [0.4, 0.5) is 4.79 Å². The van der Waals surface area contributed by atoms with Crippen LogP contribution in [0.2, 0.25) is 0 Å². The Bertz CT molecular complexity index is 290. The number of ketones is 1. The fraction of sp³-hybridized carbons (Fsp3) is 0.692. The van der Waals surface area contributed by atoms with Gasteiger partial charge in [-0.25, -0.2) is 4.79 Å². The summed E-state index contributed by atoms with van der Waals surface area (Å²) >= 11 is 0. The molecule has 1 amide bonds. The van der Waals surface area contributed by atoms with Crippen LogP contribution in [0.3, 0.4) is 0 Å². The summed E-state index contributed by atoms with van der Waals surface area (Å²) in [7, 11) is 0. The first-order valence-electron chi connectivity index (χ1n) is 5.81. The first kappa shape index (κ1) is 15.7. The number of hydrogen-bond acceptors (Lipinski definition) is 3. The van der Waals surface area contributed by atoms with Gasteiger partial charge in [0.15, 0.2) is 5.78 Å². The van der Waals surface area contributed by atoms with Crippen LogP contribution < -0.4 is 5.32 Å². The lowest BCUT2D eigenvalue weighted by molar-refractivity contribution is -0.116. The topological polar surface area (TPSA) is 55.4 Å². The minimum Gasteiger partial charge on any atom is -0.444 e. The molecule has 0 unspecified atom stereocenters. The van der Waals surface area contributed by atoms with Crippen molar-refractivity contribution >= 4 is 11.9 Å². The van der Waals surface area contributed by atoms with Gasteiger partial charge in [-0.3, -0.25) is 4.79 Å². The number of rotatable bonds is 5. The van der Waals surface area contributed by atoms with Crippen LogP contribution in [-0.2, 0) is 9.53 Å². The second-order valence-electron chi connectivity index (χ2n) is 5.43. The van der Waals surface area contributed by atoms with E-state index in [2.05, 4.69) is 11.9 Å². The zero-order chi connectivity index (χ0) is 13.6. The minimum absolute atomic E-state index is 0.190. The van der Waals surface area contributed by atoms with Gasteiger partial charge in [0, 0.05) is 0 Å². The van der Waals surface area contributed by atoms with E-state index in [1.54, 1.807) is 20.8 Å². The van der Waals surface area contributed by atoms with E-state index < -0.39 is 17.7 Å². The Morgan fingerprint density at radius 1 is 1.35 bits per heavy atom. The monoisotopic (exact) mass is 241 g/mol. The molecule has 0 aromatic heterocycles. The lowest BCUT2D eigenvalue weighted by Gasteiger charge is -2.23. The molecule has 0 aliphatic carbocycles. The summed E-state index contributed by atoms with van der Waals surface area (Å²) in [6, 6.07) is -0.553. The Balaban J connectivity index is 4.48. The van der Waals surface area contributed by atoms with Crippen molar-refractivity contribution in [2.75, 3.05) is 0 Å². The van der Waals surface area contributed by atoms with Crippen molar-refractivity contribution in [3.8, 4) is 0 Å². The van der Waals surface area contributed by atoms with Crippen LogP contribution >= 0.6 is 0 Å². The van der Waals surface area contributed by atoms with E-state index >= 15 is 0 Å². The van der Waals surface area contributed by atoms with Crippen LogP contribution in [0, 0.1) is 5.92 Å². The van der Waals surface area contributed by atoms with Crippen molar-refractivity contribution in [3.63, 3.8) is 0 Å². The van der Waals surface area contributed by atoms with Gasteiger partial charge in [-0.1, -0.05) is 20.4 Å². The summed E-state index contributed by atoms with van der Waals surface area (Å²) in [4.78, 5) is 23.1. The van der Waals surface area contributed by atoms with E-state index in [-0.39, 0.29) is 5.78 Å². The van der Waals surface area contributed by atoms with Crippen LogP contribution in [0.15, 0.2) is 12.7 Å². The summed E-state index contributed by atoms with van der Waals surface area (Å²) in [6.07, 6.45) is 1.23. The summed E-state index contributed by atoms with van der Waals surface area (Å²) in [5.41, 5.74) is -0.566. The molecule has 98 valence electrons. The van der Waals surface area contributed by atoms with Gasteiger partial charge in [0.25, 0.3) is 0 Å². The molecular formula is C13H23NO3. The van der Waals surface area contributed by atoms with Gasteiger partial charge in [-0.15, -0.1) is 0 Å². The van der Waals surface area contributed by atoms with Crippen LogP contribution in [-0.4, -0.2) is 23.5 Å². The van der Waals surface area contributed by atoms with Gasteiger partial charge in [-0.2, -0.15) is 0 Å². The van der Waals surface area contributed by atoms with Crippen molar-refractivity contribution in [3.05, 3.63) is 12.7 Å². The Hall–Kier alpha value is -1.32. The predicted octanol–water partition coefficient (Wildman–Crippen LogP) is 2.68. The number of nitrogens with one attached hydrogen (secondary N) is 1. The van der Waals surface area contributed by atoms with Gasteiger partial charge in [-0.05, 0) is 39.2 Å².